The summed E-state index contributed by atoms with van der Waals surface area (Å²) in [5, 5.41) is 9.75. The van der Waals surface area contributed by atoms with Crippen molar-refractivity contribution in [3.63, 3.8) is 0 Å². The molecule has 0 radical (unpaired) electrons. The van der Waals surface area contributed by atoms with E-state index in [9.17, 15) is 27.2 Å². The molecule has 14 heteroatoms. The normalized spacial score (nSPS) is 21.7. The van der Waals surface area contributed by atoms with Crippen LogP contribution in [0.2, 0.25) is 0 Å². The second-order valence-corrected chi connectivity index (χ2v) is 10.6. The largest absolute Gasteiger partial charge is 0.481 e. The molecule has 1 saturated heterocycles. The van der Waals surface area contributed by atoms with Gasteiger partial charge in [-0.25, -0.2) is 14.4 Å². The second-order valence-electron chi connectivity index (χ2n) is 10.6. The summed E-state index contributed by atoms with van der Waals surface area (Å²) in [6, 6.07) is 2.30. The topological polar surface area (TPSA) is 118 Å². The van der Waals surface area contributed by atoms with Crippen LogP contribution in [0.15, 0.2) is 24.5 Å². The van der Waals surface area contributed by atoms with Gasteiger partial charge in [-0.1, -0.05) is 0 Å². The monoisotopic (exact) mass is 561 g/mol. The Hall–Kier alpha value is -3.97. The number of halogens is 4. The fourth-order valence-electron chi connectivity index (χ4n) is 5.84. The fraction of sp³-hybridized carbons (Fsp3) is 0.500. The van der Waals surface area contributed by atoms with Gasteiger partial charge in [0.25, 0.3) is 5.91 Å². The van der Waals surface area contributed by atoms with Crippen LogP contribution in [0, 0.1) is 11.7 Å². The number of nitrogens with zero attached hydrogens (tertiary/aromatic N) is 5. The minimum absolute atomic E-state index is 0.133. The molecule has 2 aliphatic heterocycles. The fourth-order valence-corrected chi connectivity index (χ4v) is 5.84. The van der Waals surface area contributed by atoms with Crippen molar-refractivity contribution < 1.29 is 31.9 Å². The number of carbonyl (C=O) groups excluding carboxylic acids is 2. The SMILES string of the molecule is COc1cc(-c2cc(C(=O)N3CC[C@H](C(=O)N[C@H]4CCCn5cc(C(F)(F)F)nc54)CC34CC4)n[nH]2)c(F)cn1. The average Bonchev–Trinajstić information content (AvgIpc) is 3.31. The molecular weight excluding hydrogens is 534 g/mol. The van der Waals surface area contributed by atoms with Crippen LogP contribution in [-0.2, 0) is 17.5 Å². The number of imidazole rings is 1. The Morgan fingerprint density at radius 1 is 1.20 bits per heavy atom. The van der Waals surface area contributed by atoms with Gasteiger partial charge in [0.1, 0.15) is 5.82 Å². The molecule has 3 aromatic heterocycles. The van der Waals surface area contributed by atoms with Gasteiger partial charge in [-0.3, -0.25) is 14.7 Å². The van der Waals surface area contributed by atoms with Gasteiger partial charge in [-0.05, 0) is 44.6 Å². The highest BCUT2D eigenvalue weighted by Crippen LogP contribution is 2.50. The molecule has 0 unspecified atom stereocenters. The quantitative estimate of drug-likeness (QED) is 0.457. The van der Waals surface area contributed by atoms with Gasteiger partial charge in [0.15, 0.2) is 17.2 Å². The molecule has 1 aliphatic carbocycles. The Labute approximate surface area is 226 Å². The summed E-state index contributed by atoms with van der Waals surface area (Å²) in [7, 11) is 1.42. The van der Waals surface area contributed by atoms with E-state index in [4.69, 9.17) is 4.74 Å². The number of alkyl halides is 3. The lowest BCUT2D eigenvalue weighted by atomic mass is 9.87. The van der Waals surface area contributed by atoms with Crippen LogP contribution in [-0.4, -0.2) is 60.6 Å². The second kappa shape index (κ2) is 9.59. The first-order valence-corrected chi connectivity index (χ1v) is 13.1. The van der Waals surface area contributed by atoms with Gasteiger partial charge in [-0.15, -0.1) is 0 Å². The number of hydrogen-bond acceptors (Lipinski definition) is 6. The molecule has 1 spiro atoms. The molecule has 2 amide bonds. The summed E-state index contributed by atoms with van der Waals surface area (Å²) < 4.78 is 60.4. The number of piperidine rings is 1. The van der Waals surface area contributed by atoms with Gasteiger partial charge >= 0.3 is 6.18 Å². The number of likely N-dealkylation sites (tertiary alicyclic amines) is 1. The number of nitrogens with one attached hydrogen (secondary N) is 2. The maximum Gasteiger partial charge on any atom is 0.434 e. The van der Waals surface area contributed by atoms with Gasteiger partial charge < -0.3 is 19.5 Å². The number of aryl methyl sites for hydroxylation is 1. The number of rotatable bonds is 5. The Morgan fingerprint density at radius 2 is 2.00 bits per heavy atom. The summed E-state index contributed by atoms with van der Waals surface area (Å²) in [4.78, 5) is 36.0. The van der Waals surface area contributed by atoms with Crippen LogP contribution in [0.25, 0.3) is 11.3 Å². The number of fused-ring (bicyclic) bond motifs is 1. The van der Waals surface area contributed by atoms with Crippen LogP contribution in [0.1, 0.15) is 66.6 Å². The molecule has 5 heterocycles. The van der Waals surface area contributed by atoms with Crippen LogP contribution in [0.4, 0.5) is 17.6 Å². The first-order chi connectivity index (χ1) is 19.1. The molecule has 0 aromatic carbocycles. The Morgan fingerprint density at radius 3 is 2.73 bits per heavy atom. The molecule has 2 atom stereocenters. The summed E-state index contributed by atoms with van der Waals surface area (Å²) in [6.45, 7) is 0.749. The molecule has 2 N–H and O–H groups in total. The van der Waals surface area contributed by atoms with E-state index in [0.717, 1.165) is 25.2 Å². The molecule has 0 bridgehead atoms. The van der Waals surface area contributed by atoms with Crippen molar-refractivity contribution >= 4 is 11.8 Å². The van der Waals surface area contributed by atoms with E-state index in [2.05, 4.69) is 25.5 Å². The van der Waals surface area contributed by atoms with E-state index in [-0.39, 0.29) is 40.7 Å². The van der Waals surface area contributed by atoms with Crippen molar-refractivity contribution in [2.75, 3.05) is 13.7 Å². The standard InChI is InChI=1S/C26H27F4N7O3/c1-40-21-9-15(16(27)12-31-21)18-10-19(35-34-18)24(39)37-8-4-14(11-25(37)5-6-25)23(38)32-17-3-2-7-36-13-20(26(28,29)30)33-22(17)36/h9-10,12-14,17H,2-8,11H2,1H3,(H,32,38)(H,34,35)/t14-,17-/m0/s1. The van der Waals surface area contributed by atoms with Gasteiger partial charge in [0.05, 0.1) is 25.0 Å². The van der Waals surface area contributed by atoms with E-state index >= 15 is 0 Å². The smallest absolute Gasteiger partial charge is 0.434 e. The van der Waals surface area contributed by atoms with Crippen molar-refractivity contribution in [1.82, 2.24) is 34.9 Å². The van der Waals surface area contributed by atoms with E-state index in [0.29, 0.717) is 44.5 Å². The van der Waals surface area contributed by atoms with Gasteiger partial charge in [-0.2, -0.15) is 18.3 Å². The van der Waals surface area contributed by atoms with Crippen LogP contribution >= 0.6 is 0 Å². The number of pyridine rings is 1. The maximum atomic E-state index is 14.4. The third-order valence-corrected chi connectivity index (χ3v) is 8.09. The number of amides is 2. The highest BCUT2D eigenvalue weighted by Gasteiger charge is 2.55. The zero-order valence-electron chi connectivity index (χ0n) is 21.6. The Bertz CT molecular complexity index is 1460. The van der Waals surface area contributed by atoms with E-state index in [1.807, 2.05) is 0 Å². The zero-order valence-corrected chi connectivity index (χ0v) is 21.6. The number of aromatic nitrogens is 5. The zero-order chi connectivity index (χ0) is 28.2. The molecule has 10 nitrogen and oxygen atoms in total. The third-order valence-electron chi connectivity index (χ3n) is 8.09. The molecular formula is C26H27F4N7O3. The predicted octanol–water partition coefficient (Wildman–Crippen LogP) is 3.87. The first kappa shape index (κ1) is 26.3. The summed E-state index contributed by atoms with van der Waals surface area (Å²) >= 11 is 0. The van der Waals surface area contributed by atoms with Crippen molar-refractivity contribution in [1.29, 1.82) is 0 Å². The summed E-state index contributed by atoms with van der Waals surface area (Å²) in [5.41, 5.74) is -0.829. The minimum atomic E-state index is -4.55. The van der Waals surface area contributed by atoms with Crippen molar-refractivity contribution in [2.45, 2.75) is 62.8 Å². The number of hydrogen-bond donors (Lipinski definition) is 2. The summed E-state index contributed by atoms with van der Waals surface area (Å²) in [6.07, 6.45) is 0.938. The van der Waals surface area contributed by atoms with Crippen LogP contribution < -0.4 is 10.1 Å². The minimum Gasteiger partial charge on any atom is -0.481 e. The van der Waals surface area contributed by atoms with E-state index < -0.39 is 29.3 Å². The van der Waals surface area contributed by atoms with Crippen molar-refractivity contribution in [2.24, 2.45) is 5.92 Å². The lowest BCUT2D eigenvalue weighted by Gasteiger charge is -2.40. The van der Waals surface area contributed by atoms with Gasteiger partial charge in [0.2, 0.25) is 11.8 Å². The highest BCUT2D eigenvalue weighted by atomic mass is 19.4. The molecule has 3 aliphatic rings. The van der Waals surface area contributed by atoms with E-state index in [1.54, 1.807) is 4.90 Å². The number of aromatic amines is 1. The third kappa shape index (κ3) is 4.68. The number of H-pyrrole nitrogens is 1. The lowest BCUT2D eigenvalue weighted by molar-refractivity contribution is -0.141. The lowest BCUT2D eigenvalue weighted by Crippen LogP contribution is -2.51. The van der Waals surface area contributed by atoms with Crippen LogP contribution in [0.5, 0.6) is 5.88 Å². The first-order valence-electron chi connectivity index (χ1n) is 13.1. The Balaban J connectivity index is 1.13. The number of methoxy groups -OCH3 is 1. The molecule has 1 saturated carbocycles. The predicted molar refractivity (Wildman–Crippen MR) is 131 cm³/mol. The molecule has 40 heavy (non-hydrogen) atoms. The number of ether oxygens (including phenoxy) is 1. The molecule has 212 valence electrons. The number of carbonyl (C=O) groups is 2. The average molecular weight is 562 g/mol. The van der Waals surface area contributed by atoms with Gasteiger partial charge in [0, 0.05) is 42.4 Å². The summed E-state index contributed by atoms with van der Waals surface area (Å²) in [5.74, 6) is -1.09. The van der Waals surface area contributed by atoms with E-state index in [1.165, 1.54) is 23.8 Å². The molecule has 3 aromatic rings. The van der Waals surface area contributed by atoms with Crippen molar-refractivity contribution in [3.05, 3.63) is 47.6 Å². The van der Waals surface area contributed by atoms with Crippen molar-refractivity contribution in [3.8, 4) is 17.1 Å². The molecule has 2 fully saturated rings. The van der Waals surface area contributed by atoms with Crippen LogP contribution in [0.3, 0.4) is 0 Å². The molecule has 6 rings (SSSR count). The highest BCUT2D eigenvalue weighted by molar-refractivity contribution is 5.94. The maximum absolute atomic E-state index is 14.4. The Kier molecular flexibility index (Phi) is 6.30.